The van der Waals surface area contributed by atoms with E-state index in [0.29, 0.717) is 29.4 Å². The Morgan fingerprint density at radius 2 is 1.48 bits per heavy atom. The van der Waals surface area contributed by atoms with E-state index in [2.05, 4.69) is 0 Å². The van der Waals surface area contributed by atoms with Crippen LogP contribution in [0.2, 0.25) is 5.02 Å². The fourth-order valence-corrected chi connectivity index (χ4v) is 3.73. The van der Waals surface area contributed by atoms with E-state index in [4.69, 9.17) is 11.6 Å². The van der Waals surface area contributed by atoms with Crippen LogP contribution in [0.3, 0.4) is 0 Å². The van der Waals surface area contributed by atoms with Crippen LogP contribution in [0.4, 0.5) is 5.69 Å². The van der Waals surface area contributed by atoms with Crippen LogP contribution in [0.25, 0.3) is 0 Å². The first-order valence-electron chi connectivity index (χ1n) is 7.95. The number of nitrogens with zero attached hydrogens (tertiary/aromatic N) is 2. The highest BCUT2D eigenvalue weighted by Crippen LogP contribution is 2.23. The second-order valence-electron chi connectivity index (χ2n) is 5.45. The SMILES string of the molecule is CCN(CC)C(=O)c1ccc(N(C)S(=O)(=O)c2ccc(Cl)cc2)cc1. The van der Waals surface area contributed by atoms with Crippen LogP contribution < -0.4 is 4.31 Å². The first kappa shape index (κ1) is 19.3. The number of sulfonamides is 1. The van der Waals surface area contributed by atoms with Crippen molar-refractivity contribution in [1.82, 2.24) is 4.90 Å². The molecule has 0 unspecified atom stereocenters. The van der Waals surface area contributed by atoms with Crippen molar-refractivity contribution in [2.75, 3.05) is 24.4 Å². The van der Waals surface area contributed by atoms with Crippen LogP contribution in [0.1, 0.15) is 24.2 Å². The summed E-state index contributed by atoms with van der Waals surface area (Å²) in [5.74, 6) is -0.0697. The Labute approximate surface area is 153 Å². The molecule has 0 aliphatic rings. The third kappa shape index (κ3) is 4.14. The van der Waals surface area contributed by atoms with E-state index in [1.54, 1.807) is 29.2 Å². The molecule has 0 spiro atoms. The van der Waals surface area contributed by atoms with E-state index in [1.807, 2.05) is 13.8 Å². The number of carbonyl (C=O) groups is 1. The van der Waals surface area contributed by atoms with Crippen LogP contribution in [0, 0.1) is 0 Å². The number of carbonyl (C=O) groups excluding carboxylic acids is 1. The van der Waals surface area contributed by atoms with E-state index in [0.717, 1.165) is 0 Å². The monoisotopic (exact) mass is 380 g/mol. The molecule has 0 radical (unpaired) electrons. The zero-order chi connectivity index (χ0) is 18.6. The fourth-order valence-electron chi connectivity index (χ4n) is 2.41. The largest absolute Gasteiger partial charge is 0.339 e. The Hall–Kier alpha value is -2.05. The molecular weight excluding hydrogens is 360 g/mol. The van der Waals surface area contributed by atoms with Crippen molar-refractivity contribution in [3.8, 4) is 0 Å². The highest BCUT2D eigenvalue weighted by Gasteiger charge is 2.21. The van der Waals surface area contributed by atoms with Gasteiger partial charge in [0.1, 0.15) is 0 Å². The van der Waals surface area contributed by atoms with Gasteiger partial charge in [-0.2, -0.15) is 0 Å². The number of hydrogen-bond acceptors (Lipinski definition) is 3. The van der Waals surface area contributed by atoms with Crippen molar-refractivity contribution in [2.45, 2.75) is 18.7 Å². The van der Waals surface area contributed by atoms with Crippen molar-refractivity contribution in [3.63, 3.8) is 0 Å². The molecule has 0 aliphatic carbocycles. The number of rotatable bonds is 6. The predicted octanol–water partition coefficient (Wildman–Crippen LogP) is 3.65. The molecule has 0 atom stereocenters. The van der Waals surface area contributed by atoms with Gasteiger partial charge in [-0.15, -0.1) is 0 Å². The third-order valence-electron chi connectivity index (χ3n) is 4.00. The summed E-state index contributed by atoms with van der Waals surface area (Å²) in [6.45, 7) is 5.09. The van der Waals surface area contributed by atoms with Crippen molar-refractivity contribution in [1.29, 1.82) is 0 Å². The van der Waals surface area contributed by atoms with Gasteiger partial charge in [0.15, 0.2) is 0 Å². The van der Waals surface area contributed by atoms with Gasteiger partial charge >= 0.3 is 0 Å². The molecule has 1 amide bonds. The lowest BCUT2D eigenvalue weighted by Gasteiger charge is -2.21. The van der Waals surface area contributed by atoms with Crippen LogP contribution in [-0.2, 0) is 10.0 Å². The Kier molecular flexibility index (Phi) is 6.08. The zero-order valence-corrected chi connectivity index (χ0v) is 16.0. The summed E-state index contributed by atoms with van der Waals surface area (Å²) in [4.78, 5) is 14.2. The van der Waals surface area contributed by atoms with Gasteiger partial charge in [0.05, 0.1) is 10.6 Å². The Morgan fingerprint density at radius 1 is 0.960 bits per heavy atom. The van der Waals surface area contributed by atoms with Crippen molar-refractivity contribution >= 4 is 33.2 Å². The van der Waals surface area contributed by atoms with Gasteiger partial charge in [-0.25, -0.2) is 8.42 Å². The molecule has 2 aromatic rings. The molecule has 0 saturated heterocycles. The number of hydrogen-bond donors (Lipinski definition) is 0. The molecule has 7 heteroatoms. The molecule has 25 heavy (non-hydrogen) atoms. The van der Waals surface area contributed by atoms with Crippen LogP contribution in [0.5, 0.6) is 0 Å². The van der Waals surface area contributed by atoms with Crippen molar-refractivity contribution in [3.05, 3.63) is 59.1 Å². The number of halogens is 1. The van der Waals surface area contributed by atoms with E-state index in [1.165, 1.54) is 35.6 Å². The molecular formula is C18H21ClN2O3S. The molecule has 2 aromatic carbocycles. The summed E-state index contributed by atoms with van der Waals surface area (Å²) in [5, 5.41) is 0.473. The van der Waals surface area contributed by atoms with Gasteiger partial charge in [-0.3, -0.25) is 9.10 Å². The minimum absolute atomic E-state index is 0.0697. The van der Waals surface area contributed by atoms with Gasteiger partial charge in [-0.05, 0) is 62.4 Å². The Balaban J connectivity index is 2.27. The van der Waals surface area contributed by atoms with E-state index in [-0.39, 0.29) is 10.8 Å². The average Bonchev–Trinajstić information content (AvgIpc) is 2.62. The summed E-state index contributed by atoms with van der Waals surface area (Å²) in [5.41, 5.74) is 1.01. The van der Waals surface area contributed by atoms with Crippen LogP contribution in [0.15, 0.2) is 53.4 Å². The third-order valence-corrected chi connectivity index (χ3v) is 6.05. The highest BCUT2D eigenvalue weighted by molar-refractivity contribution is 7.92. The Morgan fingerprint density at radius 3 is 1.96 bits per heavy atom. The van der Waals surface area contributed by atoms with Gasteiger partial charge in [0, 0.05) is 30.7 Å². The smallest absolute Gasteiger partial charge is 0.264 e. The molecule has 0 aromatic heterocycles. The summed E-state index contributed by atoms with van der Waals surface area (Å²) >= 11 is 5.81. The Bertz CT molecular complexity index is 830. The predicted molar refractivity (Wildman–Crippen MR) is 101 cm³/mol. The topological polar surface area (TPSA) is 57.7 Å². The van der Waals surface area contributed by atoms with Gasteiger partial charge in [0.2, 0.25) is 0 Å². The van der Waals surface area contributed by atoms with E-state index >= 15 is 0 Å². The zero-order valence-electron chi connectivity index (χ0n) is 14.4. The van der Waals surface area contributed by atoms with Crippen molar-refractivity contribution in [2.24, 2.45) is 0 Å². The maximum atomic E-state index is 12.7. The van der Waals surface area contributed by atoms with Crippen LogP contribution in [-0.4, -0.2) is 39.4 Å². The maximum absolute atomic E-state index is 12.7. The molecule has 0 fully saturated rings. The molecule has 0 N–H and O–H groups in total. The average molecular weight is 381 g/mol. The highest BCUT2D eigenvalue weighted by atomic mass is 35.5. The normalized spacial score (nSPS) is 11.2. The molecule has 134 valence electrons. The lowest BCUT2D eigenvalue weighted by Crippen LogP contribution is -2.30. The summed E-state index contributed by atoms with van der Waals surface area (Å²) in [7, 11) is -2.21. The minimum Gasteiger partial charge on any atom is -0.339 e. The fraction of sp³-hybridized carbons (Fsp3) is 0.278. The van der Waals surface area contributed by atoms with Crippen LogP contribution >= 0.6 is 11.6 Å². The van der Waals surface area contributed by atoms with Gasteiger partial charge < -0.3 is 4.90 Å². The molecule has 0 bridgehead atoms. The molecule has 5 nitrogen and oxygen atoms in total. The maximum Gasteiger partial charge on any atom is 0.264 e. The lowest BCUT2D eigenvalue weighted by atomic mass is 10.2. The second-order valence-corrected chi connectivity index (χ2v) is 7.86. The molecule has 2 rings (SSSR count). The quantitative estimate of drug-likeness (QED) is 0.768. The van der Waals surface area contributed by atoms with Gasteiger partial charge in [0.25, 0.3) is 15.9 Å². The first-order chi connectivity index (χ1) is 11.8. The first-order valence-corrected chi connectivity index (χ1v) is 9.76. The van der Waals surface area contributed by atoms with Gasteiger partial charge in [-0.1, -0.05) is 11.6 Å². The lowest BCUT2D eigenvalue weighted by molar-refractivity contribution is 0.0773. The van der Waals surface area contributed by atoms with E-state index in [9.17, 15) is 13.2 Å². The number of anilines is 1. The summed E-state index contributed by atoms with van der Waals surface area (Å²) in [6.07, 6.45) is 0. The molecule has 0 aliphatic heterocycles. The molecule has 0 saturated carbocycles. The van der Waals surface area contributed by atoms with E-state index < -0.39 is 10.0 Å². The van der Waals surface area contributed by atoms with Crippen molar-refractivity contribution < 1.29 is 13.2 Å². The minimum atomic E-state index is -3.69. The second kappa shape index (κ2) is 7.89. The summed E-state index contributed by atoms with van der Waals surface area (Å²) < 4.78 is 26.5. The summed E-state index contributed by atoms with van der Waals surface area (Å²) in [6, 6.07) is 12.5. The standard InChI is InChI=1S/C18H21ClN2O3S/c1-4-21(5-2)18(22)14-6-10-16(11-7-14)20(3)25(23,24)17-12-8-15(19)9-13-17/h6-13H,4-5H2,1-3H3. The number of amides is 1. The molecule has 0 heterocycles. The number of benzene rings is 2.